The average Bonchev–Trinajstić information content (AvgIpc) is 2.13. The molecule has 0 aliphatic heterocycles. The first-order valence-electron chi connectivity index (χ1n) is 4.33. The van der Waals surface area contributed by atoms with Crippen LogP contribution in [0.2, 0.25) is 0 Å². The number of rotatable bonds is 6. The summed E-state index contributed by atoms with van der Waals surface area (Å²) in [6, 6.07) is 0. The minimum Gasteiger partial charge on any atom is -0.106 e. The Balaban J connectivity index is 4.50. The molecule has 0 atom stereocenters. The number of hydrogen-bond donors (Lipinski definition) is 0. The summed E-state index contributed by atoms with van der Waals surface area (Å²) in [6.07, 6.45) is 3.14. The molecule has 0 aliphatic rings. The molecule has 0 fully saturated rings. The fraction of sp³-hybridized carbons (Fsp3) is 0.0909. The lowest BCUT2D eigenvalue weighted by Gasteiger charge is -2.13. The maximum absolute atomic E-state index is 3.90. The van der Waals surface area contributed by atoms with Crippen LogP contribution in [-0.2, 0) is 0 Å². The van der Waals surface area contributed by atoms with Crippen LogP contribution in [-0.4, -0.2) is 18.3 Å². The van der Waals surface area contributed by atoms with E-state index in [1.807, 2.05) is 17.1 Å². The van der Waals surface area contributed by atoms with Gasteiger partial charge in [-0.2, -0.15) is 0 Å². The lowest BCUT2D eigenvalue weighted by molar-refractivity contribution is 1.37. The molecular weight excluding hydrogens is 188 g/mol. The highest BCUT2D eigenvalue weighted by Crippen LogP contribution is 2.10. The zero-order valence-corrected chi connectivity index (χ0v) is 11.4. The van der Waals surface area contributed by atoms with E-state index in [1.165, 1.54) is 5.20 Å². The van der Waals surface area contributed by atoms with E-state index in [-0.39, 0.29) is 0 Å². The fourth-order valence-electron chi connectivity index (χ4n) is 0.918. The van der Waals surface area contributed by atoms with Crippen molar-refractivity contribution in [3.63, 3.8) is 0 Å². The largest absolute Gasteiger partial charge is 0.148 e. The molecule has 0 rings (SSSR count). The Morgan fingerprint density at radius 3 is 1.92 bits per heavy atom. The smallest absolute Gasteiger partial charge is 0.106 e. The van der Waals surface area contributed by atoms with Crippen molar-refractivity contribution in [2.24, 2.45) is 0 Å². The van der Waals surface area contributed by atoms with Gasteiger partial charge >= 0.3 is 0 Å². The molecule has 0 heterocycles. The molecule has 0 aliphatic carbocycles. The summed E-state index contributed by atoms with van der Waals surface area (Å²) in [5, 5.41) is 1.30. The number of allylic oxidation sites excluding steroid dienone is 2. The lowest BCUT2D eigenvalue weighted by atomic mass is 10.4. The summed E-state index contributed by atoms with van der Waals surface area (Å²) in [5.41, 5.74) is 8.11. The van der Waals surface area contributed by atoms with Crippen molar-refractivity contribution in [3.05, 3.63) is 60.4 Å². The molecule has 0 aromatic carbocycles. The van der Waals surface area contributed by atoms with Crippen molar-refractivity contribution >= 4 is 18.3 Å². The SMILES string of the molecule is C=C[Si](C=C)(C=C)C=CCC(=C)[SiH3]. The zero-order valence-electron chi connectivity index (χ0n) is 8.42. The molecule has 13 heavy (non-hydrogen) atoms. The molecule has 2 heteroatoms. The zero-order chi connectivity index (χ0) is 10.3. The second-order valence-electron chi connectivity index (χ2n) is 3.18. The Morgan fingerprint density at radius 1 is 1.15 bits per heavy atom. The summed E-state index contributed by atoms with van der Waals surface area (Å²) in [4.78, 5) is 0. The summed E-state index contributed by atoms with van der Waals surface area (Å²) in [6.45, 7) is 15.4. The van der Waals surface area contributed by atoms with E-state index in [2.05, 4.69) is 38.1 Å². The Hall–Kier alpha value is -0.866. The van der Waals surface area contributed by atoms with Crippen LogP contribution in [0.5, 0.6) is 0 Å². The van der Waals surface area contributed by atoms with E-state index in [1.54, 1.807) is 0 Å². The molecule has 0 spiro atoms. The van der Waals surface area contributed by atoms with Crippen LogP contribution in [0.1, 0.15) is 6.42 Å². The first-order chi connectivity index (χ1) is 6.10. The fourth-order valence-corrected chi connectivity index (χ4v) is 2.59. The highest BCUT2D eigenvalue weighted by molar-refractivity contribution is 6.97. The van der Waals surface area contributed by atoms with E-state index >= 15 is 0 Å². The van der Waals surface area contributed by atoms with Crippen LogP contribution in [0.3, 0.4) is 0 Å². The Morgan fingerprint density at radius 2 is 1.62 bits per heavy atom. The van der Waals surface area contributed by atoms with Gasteiger partial charge in [0.05, 0.1) is 0 Å². The van der Waals surface area contributed by atoms with E-state index in [9.17, 15) is 0 Å². The van der Waals surface area contributed by atoms with Crippen molar-refractivity contribution in [3.8, 4) is 0 Å². The van der Waals surface area contributed by atoms with E-state index in [4.69, 9.17) is 0 Å². The third-order valence-electron chi connectivity index (χ3n) is 1.93. The van der Waals surface area contributed by atoms with Crippen molar-refractivity contribution in [2.45, 2.75) is 6.42 Å². The molecule has 0 saturated heterocycles. The molecule has 0 amide bonds. The topological polar surface area (TPSA) is 0 Å². The van der Waals surface area contributed by atoms with Crippen LogP contribution in [0.25, 0.3) is 0 Å². The minimum absolute atomic E-state index is 0.983. The standard InChI is InChI=1S/C11H18Si2/c1-5-13(6-2,7-3)10-8-9-11(4)12/h5-8,10H,1-4,9H2,12H3. The molecule has 0 radical (unpaired) electrons. The van der Waals surface area contributed by atoms with Gasteiger partial charge in [0.1, 0.15) is 8.07 Å². The second kappa shape index (κ2) is 5.72. The van der Waals surface area contributed by atoms with Crippen LogP contribution >= 0.6 is 0 Å². The molecule has 0 aromatic rings. The van der Waals surface area contributed by atoms with Crippen LogP contribution in [0, 0.1) is 0 Å². The van der Waals surface area contributed by atoms with Gasteiger partial charge in [0, 0.05) is 10.2 Å². The molecule has 0 bridgehead atoms. The molecule has 0 aromatic heterocycles. The predicted octanol–water partition coefficient (Wildman–Crippen LogP) is 1.98. The maximum Gasteiger partial charge on any atom is 0.148 e. The van der Waals surface area contributed by atoms with Crippen molar-refractivity contribution in [2.75, 3.05) is 0 Å². The molecule has 0 unspecified atom stereocenters. The van der Waals surface area contributed by atoms with Gasteiger partial charge in [-0.15, -0.1) is 26.3 Å². The lowest BCUT2D eigenvalue weighted by Crippen LogP contribution is -2.23. The molecule has 0 N–H and O–H groups in total. The van der Waals surface area contributed by atoms with Gasteiger partial charge in [0.25, 0.3) is 0 Å². The monoisotopic (exact) mass is 206 g/mol. The van der Waals surface area contributed by atoms with Gasteiger partial charge in [-0.05, 0) is 6.42 Å². The van der Waals surface area contributed by atoms with Gasteiger partial charge in [-0.1, -0.05) is 34.1 Å². The van der Waals surface area contributed by atoms with E-state index in [0.717, 1.165) is 16.7 Å². The van der Waals surface area contributed by atoms with Crippen molar-refractivity contribution < 1.29 is 0 Å². The quantitative estimate of drug-likeness (QED) is 0.583. The summed E-state index contributed by atoms with van der Waals surface area (Å²) in [7, 11) is -0.632. The summed E-state index contributed by atoms with van der Waals surface area (Å²) in [5.74, 6) is 0. The minimum atomic E-state index is -1.70. The van der Waals surface area contributed by atoms with Gasteiger partial charge in [0.2, 0.25) is 0 Å². The predicted molar refractivity (Wildman–Crippen MR) is 69.2 cm³/mol. The Bertz CT molecular complexity index is 227. The highest BCUT2D eigenvalue weighted by Gasteiger charge is 2.16. The van der Waals surface area contributed by atoms with Crippen molar-refractivity contribution in [1.82, 2.24) is 0 Å². The van der Waals surface area contributed by atoms with Crippen LogP contribution < -0.4 is 0 Å². The van der Waals surface area contributed by atoms with Gasteiger partial charge in [0.15, 0.2) is 0 Å². The normalized spacial score (nSPS) is 11.4. The molecular formula is C11H18Si2. The average molecular weight is 206 g/mol. The summed E-state index contributed by atoms with van der Waals surface area (Å²) < 4.78 is 0. The molecule has 0 nitrogen and oxygen atoms in total. The van der Waals surface area contributed by atoms with Gasteiger partial charge in [-0.3, -0.25) is 0 Å². The second-order valence-corrected chi connectivity index (χ2v) is 8.15. The molecule has 70 valence electrons. The van der Waals surface area contributed by atoms with E-state index in [0.29, 0.717) is 0 Å². The first kappa shape index (κ1) is 12.1. The van der Waals surface area contributed by atoms with Gasteiger partial charge in [-0.25, -0.2) is 0 Å². The Kier molecular flexibility index (Phi) is 5.34. The summed E-state index contributed by atoms with van der Waals surface area (Å²) >= 11 is 0. The highest BCUT2D eigenvalue weighted by atomic mass is 28.3. The first-order valence-corrected chi connectivity index (χ1v) is 7.64. The van der Waals surface area contributed by atoms with Crippen molar-refractivity contribution in [1.29, 1.82) is 0 Å². The Labute approximate surface area is 85.5 Å². The molecule has 0 saturated carbocycles. The van der Waals surface area contributed by atoms with E-state index < -0.39 is 8.07 Å². The third kappa shape index (κ3) is 4.06. The number of hydrogen-bond acceptors (Lipinski definition) is 0. The maximum atomic E-state index is 3.90. The van der Waals surface area contributed by atoms with Crippen LogP contribution in [0.4, 0.5) is 0 Å². The third-order valence-corrected chi connectivity index (χ3v) is 5.28. The van der Waals surface area contributed by atoms with Crippen LogP contribution in [0.15, 0.2) is 60.4 Å². The van der Waals surface area contributed by atoms with Gasteiger partial charge < -0.3 is 0 Å².